The molecule has 3 rings (SSSR count). The smallest absolute Gasteiger partial charge is 0.234 e. The number of hydrogen-bond acceptors (Lipinski definition) is 6. The Morgan fingerprint density at radius 2 is 1.77 bits per heavy atom. The lowest BCUT2D eigenvalue weighted by atomic mass is 10.2. The van der Waals surface area contributed by atoms with Gasteiger partial charge in [-0.25, -0.2) is 0 Å². The summed E-state index contributed by atoms with van der Waals surface area (Å²) in [6, 6.07) is 13.5. The molecule has 0 atom stereocenters. The van der Waals surface area contributed by atoms with E-state index in [4.69, 9.17) is 0 Å². The minimum absolute atomic E-state index is 0.0180. The van der Waals surface area contributed by atoms with E-state index in [1.807, 2.05) is 17.6 Å². The van der Waals surface area contributed by atoms with Gasteiger partial charge in [0.15, 0.2) is 11.0 Å². The first-order chi connectivity index (χ1) is 12.6. The number of phenolic OH excluding ortho intramolecular Hbond substituents is 2. The number of nitrogens with zero attached hydrogens (tertiary/aromatic N) is 3. The third kappa shape index (κ3) is 3.80. The third-order valence-corrected chi connectivity index (χ3v) is 4.66. The molecule has 7 nitrogen and oxygen atoms in total. The predicted molar refractivity (Wildman–Crippen MR) is 100 cm³/mol. The minimum atomic E-state index is -0.258. The zero-order valence-electron chi connectivity index (χ0n) is 14.1. The Morgan fingerprint density at radius 1 is 1.08 bits per heavy atom. The van der Waals surface area contributed by atoms with Crippen molar-refractivity contribution in [2.24, 2.45) is 0 Å². The fourth-order valence-corrected chi connectivity index (χ4v) is 3.24. The molecule has 0 aliphatic rings. The van der Waals surface area contributed by atoms with Gasteiger partial charge in [0.2, 0.25) is 5.91 Å². The van der Waals surface area contributed by atoms with Crippen LogP contribution in [0.15, 0.2) is 53.7 Å². The van der Waals surface area contributed by atoms with Crippen molar-refractivity contribution in [2.45, 2.75) is 18.6 Å². The first-order valence-corrected chi connectivity index (χ1v) is 9.01. The number of para-hydroxylation sites is 3. The Hall–Kier alpha value is -3.00. The van der Waals surface area contributed by atoms with Crippen molar-refractivity contribution in [1.82, 2.24) is 14.8 Å². The van der Waals surface area contributed by atoms with Crippen LogP contribution in [0.4, 0.5) is 5.69 Å². The van der Waals surface area contributed by atoms with E-state index < -0.39 is 0 Å². The van der Waals surface area contributed by atoms with Crippen molar-refractivity contribution in [3.8, 4) is 22.9 Å². The number of thioether (sulfide) groups is 1. The number of anilines is 1. The number of aromatic nitrogens is 3. The molecule has 0 aliphatic heterocycles. The van der Waals surface area contributed by atoms with E-state index in [-0.39, 0.29) is 23.2 Å². The lowest BCUT2D eigenvalue weighted by Crippen LogP contribution is -2.14. The summed E-state index contributed by atoms with van der Waals surface area (Å²) in [5.74, 6) is 0.557. The Bertz CT molecular complexity index is 926. The molecule has 1 aromatic heterocycles. The lowest BCUT2D eigenvalue weighted by Gasteiger charge is -2.09. The number of phenols is 2. The van der Waals surface area contributed by atoms with E-state index in [1.54, 1.807) is 36.4 Å². The van der Waals surface area contributed by atoms with Gasteiger partial charge in [0, 0.05) is 6.54 Å². The fourth-order valence-electron chi connectivity index (χ4n) is 2.44. The molecule has 2 aromatic carbocycles. The highest BCUT2D eigenvalue weighted by molar-refractivity contribution is 7.99. The number of benzene rings is 2. The standard InChI is InChI=1S/C18H18N4O3S/c1-2-22-17(12-7-3-5-9-14(12)23)20-21-18(22)26-11-16(25)19-13-8-4-6-10-15(13)24/h3-10,23-24H,2,11H2,1H3,(H,19,25). The molecule has 0 spiro atoms. The second-order valence-corrected chi connectivity index (χ2v) is 6.36. The van der Waals surface area contributed by atoms with Gasteiger partial charge in [-0.15, -0.1) is 10.2 Å². The first kappa shape index (κ1) is 17.8. The molecule has 0 bridgehead atoms. The molecular weight excluding hydrogens is 352 g/mol. The van der Waals surface area contributed by atoms with Crippen molar-refractivity contribution < 1.29 is 15.0 Å². The SMILES string of the molecule is CCn1c(SCC(=O)Nc2ccccc2O)nnc1-c1ccccc1O. The summed E-state index contributed by atoms with van der Waals surface area (Å²) in [6.07, 6.45) is 0. The molecular formula is C18H18N4O3S. The van der Waals surface area contributed by atoms with Crippen LogP contribution in [0.5, 0.6) is 11.5 Å². The Balaban J connectivity index is 1.72. The number of rotatable bonds is 6. The molecule has 0 saturated heterocycles. The summed E-state index contributed by atoms with van der Waals surface area (Å²) in [5, 5.41) is 31.3. The summed E-state index contributed by atoms with van der Waals surface area (Å²) < 4.78 is 1.84. The first-order valence-electron chi connectivity index (χ1n) is 8.02. The summed E-state index contributed by atoms with van der Waals surface area (Å²) in [7, 11) is 0. The van der Waals surface area contributed by atoms with E-state index in [1.165, 1.54) is 17.8 Å². The molecule has 0 radical (unpaired) electrons. The maximum Gasteiger partial charge on any atom is 0.234 e. The second-order valence-electron chi connectivity index (χ2n) is 5.42. The van der Waals surface area contributed by atoms with E-state index in [0.29, 0.717) is 28.8 Å². The number of amides is 1. The van der Waals surface area contributed by atoms with Gasteiger partial charge in [0.05, 0.1) is 17.0 Å². The van der Waals surface area contributed by atoms with Crippen LogP contribution in [0.2, 0.25) is 0 Å². The molecule has 134 valence electrons. The van der Waals surface area contributed by atoms with E-state index in [2.05, 4.69) is 15.5 Å². The summed E-state index contributed by atoms with van der Waals surface area (Å²) >= 11 is 1.24. The van der Waals surface area contributed by atoms with Crippen molar-refractivity contribution in [1.29, 1.82) is 0 Å². The molecule has 3 N–H and O–H groups in total. The molecule has 3 aromatic rings. The second kappa shape index (κ2) is 7.92. The topological polar surface area (TPSA) is 100 Å². The van der Waals surface area contributed by atoms with Crippen LogP contribution in [-0.4, -0.2) is 36.6 Å². The molecule has 0 fully saturated rings. The summed E-state index contributed by atoms with van der Waals surface area (Å²) in [5.41, 5.74) is 0.956. The Kier molecular flexibility index (Phi) is 5.43. The molecule has 0 unspecified atom stereocenters. The van der Waals surface area contributed by atoms with Crippen molar-refractivity contribution in [3.63, 3.8) is 0 Å². The van der Waals surface area contributed by atoms with Gasteiger partial charge in [-0.05, 0) is 31.2 Å². The highest BCUT2D eigenvalue weighted by Gasteiger charge is 2.17. The van der Waals surface area contributed by atoms with Crippen LogP contribution in [0, 0.1) is 0 Å². The lowest BCUT2D eigenvalue weighted by molar-refractivity contribution is -0.113. The van der Waals surface area contributed by atoms with Gasteiger partial charge in [-0.2, -0.15) is 0 Å². The molecule has 0 aliphatic carbocycles. The fraction of sp³-hybridized carbons (Fsp3) is 0.167. The van der Waals surface area contributed by atoms with Crippen LogP contribution < -0.4 is 5.32 Å². The summed E-state index contributed by atoms with van der Waals surface area (Å²) in [4.78, 5) is 12.1. The van der Waals surface area contributed by atoms with Crippen molar-refractivity contribution >= 4 is 23.4 Å². The van der Waals surface area contributed by atoms with E-state index in [9.17, 15) is 15.0 Å². The van der Waals surface area contributed by atoms with Gasteiger partial charge in [0.25, 0.3) is 0 Å². The van der Waals surface area contributed by atoms with Crippen molar-refractivity contribution in [3.05, 3.63) is 48.5 Å². The van der Waals surface area contributed by atoms with Crippen molar-refractivity contribution in [2.75, 3.05) is 11.1 Å². The zero-order chi connectivity index (χ0) is 18.5. The molecule has 1 heterocycles. The highest BCUT2D eigenvalue weighted by Crippen LogP contribution is 2.30. The zero-order valence-corrected chi connectivity index (χ0v) is 14.9. The molecule has 8 heteroatoms. The molecule has 0 saturated carbocycles. The number of aromatic hydroxyl groups is 2. The molecule has 1 amide bonds. The minimum Gasteiger partial charge on any atom is -0.507 e. The maximum absolute atomic E-state index is 12.1. The maximum atomic E-state index is 12.1. The highest BCUT2D eigenvalue weighted by atomic mass is 32.2. The van der Waals surface area contributed by atoms with Crippen LogP contribution in [-0.2, 0) is 11.3 Å². The number of nitrogens with one attached hydrogen (secondary N) is 1. The average Bonchev–Trinajstić information content (AvgIpc) is 3.05. The number of carbonyl (C=O) groups is 1. The van der Waals surface area contributed by atoms with Crippen LogP contribution >= 0.6 is 11.8 Å². The van der Waals surface area contributed by atoms with Crippen LogP contribution in [0.1, 0.15) is 6.92 Å². The van der Waals surface area contributed by atoms with E-state index >= 15 is 0 Å². The van der Waals surface area contributed by atoms with Gasteiger partial charge < -0.3 is 20.1 Å². The third-order valence-electron chi connectivity index (χ3n) is 3.69. The largest absolute Gasteiger partial charge is 0.507 e. The number of carbonyl (C=O) groups excluding carboxylic acids is 1. The molecule has 26 heavy (non-hydrogen) atoms. The Morgan fingerprint density at radius 3 is 2.46 bits per heavy atom. The average molecular weight is 370 g/mol. The summed E-state index contributed by atoms with van der Waals surface area (Å²) in [6.45, 7) is 2.54. The van der Waals surface area contributed by atoms with Gasteiger partial charge in [-0.3, -0.25) is 4.79 Å². The van der Waals surface area contributed by atoms with Crippen LogP contribution in [0.3, 0.4) is 0 Å². The normalized spacial score (nSPS) is 10.7. The number of hydrogen-bond donors (Lipinski definition) is 3. The van der Waals surface area contributed by atoms with Gasteiger partial charge in [-0.1, -0.05) is 36.0 Å². The van der Waals surface area contributed by atoms with Crippen LogP contribution in [0.25, 0.3) is 11.4 Å². The quantitative estimate of drug-likeness (QED) is 0.455. The van der Waals surface area contributed by atoms with E-state index in [0.717, 1.165) is 0 Å². The van der Waals surface area contributed by atoms with Gasteiger partial charge >= 0.3 is 0 Å². The Labute approximate surface area is 154 Å². The monoisotopic (exact) mass is 370 g/mol. The predicted octanol–water partition coefficient (Wildman–Crippen LogP) is 3.11. The van der Waals surface area contributed by atoms with Gasteiger partial charge in [0.1, 0.15) is 11.5 Å².